The molecule has 0 radical (unpaired) electrons. The third-order valence-electron chi connectivity index (χ3n) is 2.36. The number of ketones is 1. The highest BCUT2D eigenvalue weighted by Crippen LogP contribution is 2.08. The lowest BCUT2D eigenvalue weighted by Crippen LogP contribution is -2.37. The second kappa shape index (κ2) is 5.71. The predicted octanol–water partition coefficient (Wildman–Crippen LogP) is 1.59. The van der Waals surface area contributed by atoms with Gasteiger partial charge in [-0.05, 0) is 27.8 Å². The number of nitrogens with zero attached hydrogens (tertiary/aromatic N) is 2. The summed E-state index contributed by atoms with van der Waals surface area (Å²) in [6.45, 7) is 5.61. The maximum Gasteiger partial charge on any atom is 0.131 e. The highest BCUT2D eigenvalue weighted by Gasteiger charge is 2.16. The molecular weight excluding hydrogens is 164 g/mol. The second-order valence-corrected chi connectivity index (χ2v) is 3.63. The van der Waals surface area contributed by atoms with E-state index in [0.29, 0.717) is 12.8 Å². The highest BCUT2D eigenvalue weighted by atomic mass is 16.1. The molecule has 0 saturated heterocycles. The van der Waals surface area contributed by atoms with Crippen molar-refractivity contribution in [3.05, 3.63) is 0 Å². The van der Waals surface area contributed by atoms with Crippen molar-refractivity contribution in [3.63, 3.8) is 0 Å². The highest BCUT2D eigenvalue weighted by molar-refractivity contribution is 5.76. The van der Waals surface area contributed by atoms with Crippen LogP contribution in [-0.4, -0.2) is 29.8 Å². The van der Waals surface area contributed by atoms with Crippen molar-refractivity contribution < 1.29 is 4.79 Å². The van der Waals surface area contributed by atoms with Crippen LogP contribution in [0.1, 0.15) is 33.6 Å². The third-order valence-corrected chi connectivity index (χ3v) is 2.36. The van der Waals surface area contributed by atoms with Gasteiger partial charge in [0, 0.05) is 18.5 Å². The lowest BCUT2D eigenvalue weighted by atomic mass is 10.1. The van der Waals surface area contributed by atoms with Crippen LogP contribution < -0.4 is 0 Å². The lowest BCUT2D eigenvalue weighted by molar-refractivity contribution is -0.118. The third kappa shape index (κ3) is 4.64. The first-order valence-electron chi connectivity index (χ1n) is 4.57. The molecule has 0 bridgehead atoms. The van der Waals surface area contributed by atoms with Crippen LogP contribution in [0.15, 0.2) is 0 Å². The summed E-state index contributed by atoms with van der Waals surface area (Å²) in [5.74, 6) is 0.198. The van der Waals surface area contributed by atoms with Gasteiger partial charge in [-0.15, -0.1) is 0 Å². The number of carbonyl (C=O) groups excluding carboxylic acids is 1. The van der Waals surface area contributed by atoms with Crippen LogP contribution in [0, 0.1) is 11.3 Å². The number of carbonyl (C=O) groups is 1. The zero-order chi connectivity index (χ0) is 10.4. The summed E-state index contributed by atoms with van der Waals surface area (Å²) in [7, 11) is 1.95. The molecule has 0 saturated carbocycles. The fourth-order valence-corrected chi connectivity index (χ4v) is 1.27. The molecule has 2 atom stereocenters. The Labute approximate surface area is 80.3 Å². The average Bonchev–Trinajstić information content (AvgIpc) is 2.02. The summed E-state index contributed by atoms with van der Waals surface area (Å²) < 4.78 is 0. The Hall–Kier alpha value is -0.880. The zero-order valence-corrected chi connectivity index (χ0v) is 8.87. The first kappa shape index (κ1) is 12.1. The standard InChI is InChI=1S/C10H18N2O/c1-8(5-6-11)12(4)9(2)7-10(3)13/h8-9H,5,7H2,1-4H3. The van der Waals surface area contributed by atoms with Gasteiger partial charge in [0.15, 0.2) is 0 Å². The van der Waals surface area contributed by atoms with E-state index in [1.54, 1.807) is 6.92 Å². The van der Waals surface area contributed by atoms with Gasteiger partial charge in [-0.25, -0.2) is 0 Å². The zero-order valence-electron chi connectivity index (χ0n) is 8.87. The lowest BCUT2D eigenvalue weighted by Gasteiger charge is -2.28. The van der Waals surface area contributed by atoms with Gasteiger partial charge in [-0.1, -0.05) is 0 Å². The molecule has 3 nitrogen and oxygen atoms in total. The average molecular weight is 182 g/mol. The molecule has 0 amide bonds. The first-order valence-corrected chi connectivity index (χ1v) is 4.57. The Morgan fingerprint density at radius 1 is 1.46 bits per heavy atom. The molecule has 0 aromatic carbocycles. The number of hydrogen-bond donors (Lipinski definition) is 0. The van der Waals surface area contributed by atoms with E-state index in [9.17, 15) is 4.79 Å². The van der Waals surface area contributed by atoms with Crippen molar-refractivity contribution in [1.29, 1.82) is 5.26 Å². The summed E-state index contributed by atoms with van der Waals surface area (Å²) in [6.07, 6.45) is 1.07. The largest absolute Gasteiger partial charge is 0.300 e. The van der Waals surface area contributed by atoms with Gasteiger partial charge in [0.05, 0.1) is 12.5 Å². The number of Topliss-reactive ketones (excluding diaryl/α,β-unsaturated/α-hetero) is 1. The number of rotatable bonds is 5. The van der Waals surface area contributed by atoms with Gasteiger partial charge in [0.2, 0.25) is 0 Å². The molecule has 0 aliphatic carbocycles. The molecule has 0 rings (SSSR count). The van der Waals surface area contributed by atoms with E-state index in [4.69, 9.17) is 5.26 Å². The Morgan fingerprint density at radius 3 is 2.38 bits per heavy atom. The van der Waals surface area contributed by atoms with E-state index in [2.05, 4.69) is 11.0 Å². The van der Waals surface area contributed by atoms with Crippen molar-refractivity contribution in [3.8, 4) is 6.07 Å². The van der Waals surface area contributed by atoms with E-state index < -0.39 is 0 Å². The fourth-order valence-electron chi connectivity index (χ4n) is 1.27. The van der Waals surface area contributed by atoms with Crippen LogP contribution in [0.4, 0.5) is 0 Å². The van der Waals surface area contributed by atoms with Crippen LogP contribution in [0.3, 0.4) is 0 Å². The Bertz CT molecular complexity index is 207. The van der Waals surface area contributed by atoms with Gasteiger partial charge < -0.3 is 0 Å². The molecule has 0 aliphatic heterocycles. The molecule has 0 N–H and O–H groups in total. The Balaban J connectivity index is 4.01. The molecule has 0 aromatic rings. The quantitative estimate of drug-likeness (QED) is 0.648. The Kier molecular flexibility index (Phi) is 5.33. The SMILES string of the molecule is CC(=O)CC(C)N(C)C(C)CC#N. The van der Waals surface area contributed by atoms with E-state index in [0.717, 1.165) is 0 Å². The molecule has 2 unspecified atom stereocenters. The van der Waals surface area contributed by atoms with Gasteiger partial charge in [-0.2, -0.15) is 5.26 Å². The fraction of sp³-hybridized carbons (Fsp3) is 0.800. The molecule has 0 aliphatic rings. The molecule has 0 heterocycles. The topological polar surface area (TPSA) is 44.1 Å². The number of nitriles is 1. The van der Waals surface area contributed by atoms with Crippen molar-refractivity contribution >= 4 is 5.78 Å². The summed E-state index contributed by atoms with van der Waals surface area (Å²) in [4.78, 5) is 12.9. The van der Waals surface area contributed by atoms with Crippen LogP contribution >= 0.6 is 0 Å². The predicted molar refractivity (Wildman–Crippen MR) is 52.2 cm³/mol. The monoisotopic (exact) mass is 182 g/mol. The molecule has 74 valence electrons. The Morgan fingerprint density at radius 2 is 2.00 bits per heavy atom. The molecule has 0 fully saturated rings. The van der Waals surface area contributed by atoms with Gasteiger partial charge in [0.1, 0.15) is 5.78 Å². The van der Waals surface area contributed by atoms with Crippen molar-refractivity contribution in [2.45, 2.75) is 45.7 Å². The number of hydrogen-bond acceptors (Lipinski definition) is 3. The van der Waals surface area contributed by atoms with Crippen LogP contribution in [-0.2, 0) is 4.79 Å². The first-order chi connectivity index (χ1) is 5.99. The van der Waals surface area contributed by atoms with E-state index in [1.807, 2.05) is 20.9 Å². The minimum atomic E-state index is 0.198. The van der Waals surface area contributed by atoms with Gasteiger partial charge in [-0.3, -0.25) is 9.69 Å². The van der Waals surface area contributed by atoms with E-state index >= 15 is 0 Å². The molecular formula is C10H18N2O. The molecule has 0 spiro atoms. The van der Waals surface area contributed by atoms with Crippen LogP contribution in [0.25, 0.3) is 0 Å². The maximum absolute atomic E-state index is 10.8. The van der Waals surface area contributed by atoms with Crippen molar-refractivity contribution in [1.82, 2.24) is 4.90 Å². The summed E-state index contributed by atoms with van der Waals surface area (Å²) in [5.41, 5.74) is 0. The van der Waals surface area contributed by atoms with E-state index in [-0.39, 0.29) is 17.9 Å². The van der Waals surface area contributed by atoms with Crippen molar-refractivity contribution in [2.75, 3.05) is 7.05 Å². The van der Waals surface area contributed by atoms with Crippen molar-refractivity contribution in [2.24, 2.45) is 0 Å². The minimum absolute atomic E-state index is 0.198. The molecule has 13 heavy (non-hydrogen) atoms. The smallest absolute Gasteiger partial charge is 0.131 e. The summed E-state index contributed by atoms with van der Waals surface area (Å²) in [5, 5.41) is 8.51. The van der Waals surface area contributed by atoms with E-state index in [1.165, 1.54) is 0 Å². The summed E-state index contributed by atoms with van der Waals surface area (Å²) in [6, 6.07) is 2.57. The van der Waals surface area contributed by atoms with Crippen LogP contribution in [0.2, 0.25) is 0 Å². The van der Waals surface area contributed by atoms with Crippen LogP contribution in [0.5, 0.6) is 0 Å². The summed E-state index contributed by atoms with van der Waals surface area (Å²) >= 11 is 0. The second-order valence-electron chi connectivity index (χ2n) is 3.63. The normalized spacial score (nSPS) is 15.1. The van der Waals surface area contributed by atoms with Gasteiger partial charge in [0.25, 0.3) is 0 Å². The minimum Gasteiger partial charge on any atom is -0.300 e. The molecule has 0 aromatic heterocycles. The molecule has 3 heteroatoms. The maximum atomic E-state index is 10.8. The van der Waals surface area contributed by atoms with Gasteiger partial charge >= 0.3 is 0 Å².